The number of rotatable bonds is 4. The predicted molar refractivity (Wildman–Crippen MR) is 64.3 cm³/mol. The third kappa shape index (κ3) is 2.76. The fourth-order valence-electron chi connectivity index (χ4n) is 1.47. The minimum absolute atomic E-state index is 0.273. The summed E-state index contributed by atoms with van der Waals surface area (Å²) >= 11 is 0. The highest BCUT2D eigenvalue weighted by molar-refractivity contribution is 5.90. The summed E-state index contributed by atoms with van der Waals surface area (Å²) < 4.78 is 31.9. The van der Waals surface area contributed by atoms with Crippen molar-refractivity contribution in [3.8, 4) is 11.6 Å². The first kappa shape index (κ1) is 14.3. The van der Waals surface area contributed by atoms with Crippen molar-refractivity contribution in [1.29, 1.82) is 0 Å². The second kappa shape index (κ2) is 5.49. The van der Waals surface area contributed by atoms with Gasteiger partial charge in [-0.2, -0.15) is 8.78 Å². The maximum Gasteiger partial charge on any atom is 0.339 e. The zero-order valence-electron chi connectivity index (χ0n) is 10.1. The van der Waals surface area contributed by atoms with Gasteiger partial charge >= 0.3 is 11.7 Å². The van der Waals surface area contributed by atoms with E-state index < -0.39 is 34.1 Å². The van der Waals surface area contributed by atoms with E-state index in [-0.39, 0.29) is 11.3 Å². The molecule has 21 heavy (non-hydrogen) atoms. The number of nitro groups is 1. The number of carboxylic acid groups (broad SMARTS) is 1. The van der Waals surface area contributed by atoms with Gasteiger partial charge in [-0.1, -0.05) is 12.1 Å². The van der Waals surface area contributed by atoms with Crippen LogP contribution in [0.3, 0.4) is 0 Å². The Morgan fingerprint density at radius 2 is 1.95 bits per heavy atom. The number of nitrogens with zero attached hydrogens (tertiary/aromatic N) is 2. The summed E-state index contributed by atoms with van der Waals surface area (Å²) in [5.41, 5.74) is -1.44. The SMILES string of the molecule is O=C(O)c1ccccc1Oc1ncc([N+](=O)[O-])c(F)c1F. The molecule has 0 aliphatic heterocycles. The van der Waals surface area contributed by atoms with Crippen LogP contribution >= 0.6 is 0 Å². The molecule has 2 rings (SSSR count). The normalized spacial score (nSPS) is 10.2. The zero-order chi connectivity index (χ0) is 15.6. The molecule has 1 aromatic heterocycles. The highest BCUT2D eigenvalue weighted by Gasteiger charge is 2.24. The van der Waals surface area contributed by atoms with Gasteiger partial charge in [0.25, 0.3) is 5.88 Å². The van der Waals surface area contributed by atoms with Gasteiger partial charge in [0.05, 0.1) is 4.92 Å². The molecule has 0 radical (unpaired) electrons. The second-order valence-corrected chi connectivity index (χ2v) is 3.74. The van der Waals surface area contributed by atoms with E-state index >= 15 is 0 Å². The number of benzene rings is 1. The maximum atomic E-state index is 13.6. The summed E-state index contributed by atoms with van der Waals surface area (Å²) in [7, 11) is 0. The first-order valence-electron chi connectivity index (χ1n) is 5.40. The van der Waals surface area contributed by atoms with Crippen molar-refractivity contribution >= 4 is 11.7 Å². The van der Waals surface area contributed by atoms with E-state index in [1.807, 2.05) is 0 Å². The first-order valence-corrected chi connectivity index (χ1v) is 5.40. The largest absolute Gasteiger partial charge is 0.478 e. The van der Waals surface area contributed by atoms with E-state index in [0.29, 0.717) is 6.20 Å². The number of carboxylic acids is 1. The number of aromatic carboxylic acids is 1. The average molecular weight is 296 g/mol. The molecular formula is C12H6F2N2O5. The molecule has 108 valence electrons. The van der Waals surface area contributed by atoms with Crippen LogP contribution in [0.25, 0.3) is 0 Å². The quantitative estimate of drug-likeness (QED) is 0.687. The van der Waals surface area contributed by atoms with Gasteiger partial charge in [-0.15, -0.1) is 0 Å². The molecule has 2 aromatic rings. The lowest BCUT2D eigenvalue weighted by molar-refractivity contribution is -0.388. The van der Waals surface area contributed by atoms with Gasteiger partial charge in [0.1, 0.15) is 17.5 Å². The molecule has 0 atom stereocenters. The molecule has 0 fully saturated rings. The molecule has 0 bridgehead atoms. The topological polar surface area (TPSA) is 103 Å². The Bertz CT molecular complexity index is 736. The van der Waals surface area contributed by atoms with Crippen LogP contribution in [0, 0.1) is 21.7 Å². The third-order valence-corrected chi connectivity index (χ3v) is 2.43. The Morgan fingerprint density at radius 1 is 1.29 bits per heavy atom. The number of ether oxygens (including phenoxy) is 1. The van der Waals surface area contributed by atoms with Crippen LogP contribution in [0.15, 0.2) is 30.5 Å². The van der Waals surface area contributed by atoms with E-state index in [9.17, 15) is 23.7 Å². The van der Waals surface area contributed by atoms with Crippen LogP contribution in [0.5, 0.6) is 11.6 Å². The molecule has 1 N–H and O–H groups in total. The second-order valence-electron chi connectivity index (χ2n) is 3.74. The lowest BCUT2D eigenvalue weighted by Gasteiger charge is -2.08. The smallest absolute Gasteiger partial charge is 0.339 e. The highest BCUT2D eigenvalue weighted by Crippen LogP contribution is 2.29. The van der Waals surface area contributed by atoms with Crippen molar-refractivity contribution in [2.24, 2.45) is 0 Å². The first-order chi connectivity index (χ1) is 9.91. The minimum Gasteiger partial charge on any atom is -0.478 e. The standard InChI is InChI=1S/C12H6F2N2O5/c13-9-7(16(19)20)5-15-11(10(9)14)21-8-4-2-1-3-6(8)12(17)18/h1-5H,(H,17,18). The predicted octanol–water partition coefficient (Wildman–Crippen LogP) is 2.76. The fraction of sp³-hybridized carbons (Fsp3) is 0. The van der Waals surface area contributed by atoms with Crippen LogP contribution < -0.4 is 4.74 Å². The van der Waals surface area contributed by atoms with Gasteiger partial charge < -0.3 is 9.84 Å². The minimum atomic E-state index is -1.74. The number of para-hydroxylation sites is 1. The Kier molecular flexibility index (Phi) is 3.74. The Morgan fingerprint density at radius 3 is 2.57 bits per heavy atom. The molecule has 0 aliphatic rings. The van der Waals surface area contributed by atoms with Gasteiger partial charge in [-0.05, 0) is 12.1 Å². The van der Waals surface area contributed by atoms with Crippen molar-refractivity contribution in [2.45, 2.75) is 0 Å². The molecule has 0 saturated carbocycles. The number of aromatic nitrogens is 1. The van der Waals surface area contributed by atoms with Gasteiger partial charge in [-0.25, -0.2) is 9.78 Å². The number of pyridine rings is 1. The van der Waals surface area contributed by atoms with Crippen molar-refractivity contribution < 1.29 is 28.3 Å². The van der Waals surface area contributed by atoms with Crippen molar-refractivity contribution in [1.82, 2.24) is 4.98 Å². The number of hydrogen-bond acceptors (Lipinski definition) is 5. The number of hydrogen-bond donors (Lipinski definition) is 1. The summed E-state index contributed by atoms with van der Waals surface area (Å²) in [5.74, 6) is -5.92. The molecule has 0 saturated heterocycles. The van der Waals surface area contributed by atoms with E-state index in [0.717, 1.165) is 0 Å². The summed E-state index contributed by atoms with van der Waals surface area (Å²) in [4.78, 5) is 23.5. The van der Waals surface area contributed by atoms with Crippen LogP contribution in [-0.2, 0) is 0 Å². The molecule has 1 heterocycles. The zero-order valence-corrected chi connectivity index (χ0v) is 10.1. The van der Waals surface area contributed by atoms with Crippen LogP contribution in [0.1, 0.15) is 10.4 Å². The molecule has 9 heteroatoms. The maximum absolute atomic E-state index is 13.6. The lowest BCUT2D eigenvalue weighted by Crippen LogP contribution is -2.03. The lowest BCUT2D eigenvalue weighted by atomic mass is 10.2. The average Bonchev–Trinajstić information content (AvgIpc) is 2.44. The Hall–Kier alpha value is -3.10. The van der Waals surface area contributed by atoms with Crippen LogP contribution in [0.4, 0.5) is 14.5 Å². The van der Waals surface area contributed by atoms with Crippen molar-refractivity contribution in [3.05, 3.63) is 57.8 Å². The Balaban J connectivity index is 2.44. The number of halogens is 2. The Labute approximate surface area is 115 Å². The molecule has 0 amide bonds. The molecule has 1 aromatic carbocycles. The van der Waals surface area contributed by atoms with Gasteiger partial charge in [0, 0.05) is 0 Å². The van der Waals surface area contributed by atoms with E-state index in [1.165, 1.54) is 24.3 Å². The fourth-order valence-corrected chi connectivity index (χ4v) is 1.47. The van der Waals surface area contributed by atoms with E-state index in [2.05, 4.69) is 4.98 Å². The number of carbonyl (C=O) groups is 1. The molecule has 0 spiro atoms. The van der Waals surface area contributed by atoms with Gasteiger partial charge in [0.15, 0.2) is 0 Å². The van der Waals surface area contributed by atoms with Crippen LogP contribution in [-0.4, -0.2) is 21.0 Å². The van der Waals surface area contributed by atoms with Crippen molar-refractivity contribution in [3.63, 3.8) is 0 Å². The highest BCUT2D eigenvalue weighted by atomic mass is 19.2. The summed E-state index contributed by atoms with van der Waals surface area (Å²) in [5, 5.41) is 19.4. The molecule has 0 unspecified atom stereocenters. The monoisotopic (exact) mass is 296 g/mol. The van der Waals surface area contributed by atoms with Crippen LogP contribution in [0.2, 0.25) is 0 Å². The summed E-state index contributed by atoms with van der Waals surface area (Å²) in [6, 6.07) is 5.24. The van der Waals surface area contributed by atoms with E-state index in [1.54, 1.807) is 0 Å². The molecular weight excluding hydrogens is 290 g/mol. The van der Waals surface area contributed by atoms with E-state index in [4.69, 9.17) is 9.84 Å². The molecule has 7 nitrogen and oxygen atoms in total. The molecule has 0 aliphatic carbocycles. The van der Waals surface area contributed by atoms with Crippen molar-refractivity contribution in [2.75, 3.05) is 0 Å². The van der Waals surface area contributed by atoms with Gasteiger partial charge in [-0.3, -0.25) is 10.1 Å². The summed E-state index contributed by atoms with van der Waals surface area (Å²) in [6.45, 7) is 0. The third-order valence-electron chi connectivity index (χ3n) is 2.43. The summed E-state index contributed by atoms with van der Waals surface area (Å²) in [6.07, 6.45) is 0.483. The van der Waals surface area contributed by atoms with Gasteiger partial charge in [0.2, 0.25) is 11.6 Å².